The van der Waals surface area contributed by atoms with E-state index < -0.39 is 0 Å². The summed E-state index contributed by atoms with van der Waals surface area (Å²) >= 11 is 6.04. The molecule has 0 saturated carbocycles. The zero-order valence-corrected chi connectivity index (χ0v) is 12.8. The molecule has 0 saturated heterocycles. The van der Waals surface area contributed by atoms with Gasteiger partial charge in [0.05, 0.1) is 13.7 Å². The number of methoxy groups -OCH3 is 1. The molecule has 6 nitrogen and oxygen atoms in total. The molecule has 1 heterocycles. The maximum absolute atomic E-state index is 6.04. The number of tetrazole rings is 1. The second kappa shape index (κ2) is 5.76. The first-order valence-corrected chi connectivity index (χ1v) is 6.65. The van der Waals surface area contributed by atoms with Gasteiger partial charge in [-0.2, -0.15) is 4.68 Å². The van der Waals surface area contributed by atoms with E-state index in [-0.39, 0.29) is 5.54 Å². The van der Waals surface area contributed by atoms with Gasteiger partial charge < -0.3 is 10.1 Å². The van der Waals surface area contributed by atoms with Crippen LogP contribution in [0.15, 0.2) is 18.2 Å². The summed E-state index contributed by atoms with van der Waals surface area (Å²) in [6.07, 6.45) is 0. The lowest BCUT2D eigenvalue weighted by atomic mass is 10.1. The Morgan fingerprint density at radius 1 is 1.35 bits per heavy atom. The first-order valence-electron chi connectivity index (χ1n) is 6.27. The van der Waals surface area contributed by atoms with Gasteiger partial charge in [-0.05, 0) is 49.4 Å². The Balaban J connectivity index is 2.34. The minimum absolute atomic E-state index is 0.0187. The zero-order valence-electron chi connectivity index (χ0n) is 12.0. The van der Waals surface area contributed by atoms with Gasteiger partial charge in [0.1, 0.15) is 11.4 Å². The van der Waals surface area contributed by atoms with Crippen LogP contribution in [-0.2, 0) is 6.54 Å². The smallest absolute Gasteiger partial charge is 0.170 e. The fourth-order valence-electron chi connectivity index (χ4n) is 1.68. The lowest BCUT2D eigenvalue weighted by molar-refractivity contribution is 0.405. The average molecular weight is 296 g/mol. The first-order chi connectivity index (χ1) is 9.40. The Bertz CT molecular complexity index is 591. The van der Waals surface area contributed by atoms with Gasteiger partial charge in [0.2, 0.25) is 0 Å². The van der Waals surface area contributed by atoms with E-state index in [9.17, 15) is 0 Å². The topological polar surface area (TPSA) is 64.9 Å². The van der Waals surface area contributed by atoms with Gasteiger partial charge in [0, 0.05) is 10.6 Å². The van der Waals surface area contributed by atoms with E-state index in [1.54, 1.807) is 30.0 Å². The molecule has 0 bridgehead atoms. The summed E-state index contributed by atoms with van der Waals surface area (Å²) in [6.45, 7) is 6.80. The summed E-state index contributed by atoms with van der Waals surface area (Å²) in [4.78, 5) is 0. The molecule has 0 amide bonds. The average Bonchev–Trinajstić information content (AvgIpc) is 2.83. The zero-order chi connectivity index (χ0) is 14.8. The number of ether oxygens (including phenoxy) is 1. The summed E-state index contributed by atoms with van der Waals surface area (Å²) in [6, 6.07) is 5.33. The third-order valence-electron chi connectivity index (χ3n) is 2.68. The highest BCUT2D eigenvalue weighted by Gasteiger charge is 2.16. The number of halogens is 1. The third-order valence-corrected chi connectivity index (χ3v) is 2.92. The minimum Gasteiger partial charge on any atom is -0.494 e. The lowest BCUT2D eigenvalue weighted by Gasteiger charge is -2.20. The molecule has 7 heteroatoms. The molecule has 1 aromatic carbocycles. The van der Waals surface area contributed by atoms with Crippen LogP contribution in [0.4, 0.5) is 0 Å². The fourth-order valence-corrected chi connectivity index (χ4v) is 1.84. The third kappa shape index (κ3) is 3.46. The van der Waals surface area contributed by atoms with Gasteiger partial charge in [-0.3, -0.25) is 0 Å². The first kappa shape index (κ1) is 14.7. The number of benzene rings is 1. The van der Waals surface area contributed by atoms with Gasteiger partial charge >= 0.3 is 0 Å². The predicted molar refractivity (Wildman–Crippen MR) is 77.3 cm³/mol. The van der Waals surface area contributed by atoms with Crippen molar-refractivity contribution in [3.63, 3.8) is 0 Å². The van der Waals surface area contributed by atoms with Crippen molar-refractivity contribution in [2.24, 2.45) is 0 Å². The quantitative estimate of drug-likeness (QED) is 0.937. The second-order valence-corrected chi connectivity index (χ2v) is 5.86. The summed E-state index contributed by atoms with van der Waals surface area (Å²) < 4.78 is 6.96. The van der Waals surface area contributed by atoms with E-state index in [0.29, 0.717) is 23.1 Å². The van der Waals surface area contributed by atoms with Gasteiger partial charge in [0.15, 0.2) is 5.82 Å². The van der Waals surface area contributed by atoms with Crippen molar-refractivity contribution >= 4 is 11.6 Å². The molecule has 108 valence electrons. The van der Waals surface area contributed by atoms with E-state index in [2.05, 4.69) is 41.6 Å². The molecule has 2 rings (SSSR count). The molecule has 20 heavy (non-hydrogen) atoms. The van der Waals surface area contributed by atoms with Crippen LogP contribution in [0.2, 0.25) is 5.02 Å². The number of nitrogens with zero attached hydrogens (tertiary/aromatic N) is 4. The number of aromatic nitrogens is 4. The van der Waals surface area contributed by atoms with Crippen LogP contribution in [0, 0.1) is 0 Å². The molecule has 0 aliphatic rings. The molecule has 0 spiro atoms. The van der Waals surface area contributed by atoms with E-state index in [4.69, 9.17) is 16.3 Å². The van der Waals surface area contributed by atoms with Crippen molar-refractivity contribution < 1.29 is 4.74 Å². The Hall–Kier alpha value is -1.66. The molecule has 0 aliphatic carbocycles. The standard InChI is InChI=1S/C13H18ClN5O/c1-13(2,3)15-8-12-16-17-18-19(12)10-7-9(14)5-6-11(10)20-4/h5-7,15H,8H2,1-4H3. The van der Waals surface area contributed by atoms with Gasteiger partial charge in [-0.25, -0.2) is 0 Å². The predicted octanol–water partition coefficient (Wildman–Crippen LogP) is 2.21. The number of rotatable bonds is 4. The molecule has 0 radical (unpaired) electrons. The molecule has 1 N–H and O–H groups in total. The van der Waals surface area contributed by atoms with Gasteiger partial charge in [-0.15, -0.1) is 5.10 Å². The highest BCUT2D eigenvalue weighted by molar-refractivity contribution is 6.30. The van der Waals surface area contributed by atoms with E-state index in [1.165, 1.54) is 0 Å². The van der Waals surface area contributed by atoms with Crippen molar-refractivity contribution in [1.29, 1.82) is 0 Å². The number of hydrogen-bond donors (Lipinski definition) is 1. The second-order valence-electron chi connectivity index (χ2n) is 5.43. The normalized spacial score (nSPS) is 11.7. The molecular formula is C13H18ClN5O. The highest BCUT2D eigenvalue weighted by Crippen LogP contribution is 2.26. The van der Waals surface area contributed by atoms with E-state index >= 15 is 0 Å². The van der Waals surface area contributed by atoms with Crippen molar-refractivity contribution in [2.75, 3.05) is 7.11 Å². The van der Waals surface area contributed by atoms with Crippen molar-refractivity contribution in [2.45, 2.75) is 32.9 Å². The number of nitrogens with one attached hydrogen (secondary N) is 1. The molecule has 0 aliphatic heterocycles. The minimum atomic E-state index is -0.0187. The Morgan fingerprint density at radius 3 is 2.75 bits per heavy atom. The SMILES string of the molecule is COc1ccc(Cl)cc1-n1nnnc1CNC(C)(C)C. The fraction of sp³-hybridized carbons (Fsp3) is 0.462. The molecule has 2 aromatic rings. The van der Waals surface area contributed by atoms with Crippen LogP contribution in [0.5, 0.6) is 5.75 Å². The van der Waals surface area contributed by atoms with Crippen LogP contribution >= 0.6 is 11.6 Å². The van der Waals surface area contributed by atoms with Crippen LogP contribution in [0.3, 0.4) is 0 Å². The van der Waals surface area contributed by atoms with Gasteiger partial charge in [0.25, 0.3) is 0 Å². The van der Waals surface area contributed by atoms with E-state index in [0.717, 1.165) is 5.69 Å². The molecule has 0 unspecified atom stereocenters. The molecule has 0 atom stereocenters. The Kier molecular flexibility index (Phi) is 4.25. The lowest BCUT2D eigenvalue weighted by Crippen LogP contribution is -2.36. The summed E-state index contributed by atoms with van der Waals surface area (Å²) in [5, 5.41) is 15.7. The highest BCUT2D eigenvalue weighted by atomic mass is 35.5. The Morgan fingerprint density at radius 2 is 2.10 bits per heavy atom. The van der Waals surface area contributed by atoms with Crippen LogP contribution < -0.4 is 10.1 Å². The van der Waals surface area contributed by atoms with Crippen molar-refractivity contribution in [3.05, 3.63) is 29.0 Å². The summed E-state index contributed by atoms with van der Waals surface area (Å²) in [5.41, 5.74) is 0.700. The molecule has 0 fully saturated rings. The molecule has 1 aromatic heterocycles. The van der Waals surface area contributed by atoms with Crippen molar-refractivity contribution in [1.82, 2.24) is 25.5 Å². The monoisotopic (exact) mass is 295 g/mol. The van der Waals surface area contributed by atoms with E-state index in [1.807, 2.05) is 0 Å². The van der Waals surface area contributed by atoms with Crippen molar-refractivity contribution in [3.8, 4) is 11.4 Å². The van der Waals surface area contributed by atoms with Crippen LogP contribution in [-0.4, -0.2) is 32.9 Å². The summed E-state index contributed by atoms with van der Waals surface area (Å²) in [5.74, 6) is 1.36. The van der Waals surface area contributed by atoms with Gasteiger partial charge in [-0.1, -0.05) is 11.6 Å². The Labute approximate surface area is 123 Å². The largest absolute Gasteiger partial charge is 0.494 e. The maximum Gasteiger partial charge on any atom is 0.170 e. The molecular weight excluding hydrogens is 278 g/mol. The van der Waals surface area contributed by atoms with Crippen LogP contribution in [0.25, 0.3) is 5.69 Å². The maximum atomic E-state index is 6.04. The van der Waals surface area contributed by atoms with Crippen LogP contribution in [0.1, 0.15) is 26.6 Å². The summed E-state index contributed by atoms with van der Waals surface area (Å²) in [7, 11) is 1.60. The number of hydrogen-bond acceptors (Lipinski definition) is 5.